The summed E-state index contributed by atoms with van der Waals surface area (Å²) in [5.74, 6) is 3.69. The van der Waals surface area contributed by atoms with E-state index >= 15 is 0 Å². The molecule has 5 saturated carbocycles. The summed E-state index contributed by atoms with van der Waals surface area (Å²) >= 11 is 0. The van der Waals surface area contributed by atoms with Gasteiger partial charge in [-0.25, -0.2) is 4.79 Å². The summed E-state index contributed by atoms with van der Waals surface area (Å²) in [7, 11) is 4.17. The molecule has 1 amide bonds. The molecule has 2 N–H and O–H groups in total. The SMILES string of the molecule is CC(C)[C@@H]1CC[C@]2(C(=O)NCCN(C)C)CC[C@]3(C)[C@H](CC[C@@H]4[C@@]5(C)CC[C@@H](c6ccc(C(=O)O)cc6)C(C)(C)[C@@H]5CC[C@]43C)[C@@H]12. The third kappa shape index (κ3) is 4.85. The number of nitrogens with one attached hydrogen (secondary N) is 1. The molecule has 5 aliphatic rings. The Labute approximate surface area is 280 Å². The van der Waals surface area contributed by atoms with Crippen molar-refractivity contribution in [1.29, 1.82) is 0 Å². The van der Waals surface area contributed by atoms with Gasteiger partial charge in [0.2, 0.25) is 5.91 Å². The van der Waals surface area contributed by atoms with E-state index < -0.39 is 5.97 Å². The summed E-state index contributed by atoms with van der Waals surface area (Å²) in [5, 5.41) is 12.9. The second kappa shape index (κ2) is 11.6. The fourth-order valence-electron chi connectivity index (χ4n) is 13.8. The van der Waals surface area contributed by atoms with Gasteiger partial charge in [0.05, 0.1) is 11.0 Å². The van der Waals surface area contributed by atoms with Crippen LogP contribution in [0.1, 0.15) is 135 Å². The first-order valence-electron chi connectivity index (χ1n) is 18.8. The summed E-state index contributed by atoms with van der Waals surface area (Å²) in [6, 6.07) is 7.80. The van der Waals surface area contributed by atoms with Crippen LogP contribution in [0.2, 0.25) is 0 Å². The summed E-state index contributed by atoms with van der Waals surface area (Å²) in [6.45, 7) is 19.6. The fourth-order valence-corrected chi connectivity index (χ4v) is 13.8. The van der Waals surface area contributed by atoms with E-state index in [1.807, 2.05) is 0 Å². The van der Waals surface area contributed by atoms with E-state index in [2.05, 4.69) is 84.9 Å². The highest BCUT2D eigenvalue weighted by atomic mass is 16.4. The van der Waals surface area contributed by atoms with Gasteiger partial charge in [-0.2, -0.15) is 0 Å². The number of carboxylic acid groups (broad SMARTS) is 1. The van der Waals surface area contributed by atoms with E-state index in [4.69, 9.17) is 0 Å². The van der Waals surface area contributed by atoms with Gasteiger partial charge in [-0.3, -0.25) is 4.79 Å². The molecule has 5 heteroatoms. The van der Waals surface area contributed by atoms with E-state index in [0.717, 1.165) is 25.9 Å². The molecule has 1 aromatic rings. The number of carboxylic acids is 1. The molecule has 256 valence electrons. The molecule has 0 bridgehead atoms. The van der Waals surface area contributed by atoms with Crippen LogP contribution in [-0.4, -0.2) is 49.1 Å². The number of fused-ring (bicyclic) bond motifs is 7. The number of nitrogens with zero attached hydrogens (tertiary/aromatic N) is 1. The van der Waals surface area contributed by atoms with Crippen molar-refractivity contribution in [3.05, 3.63) is 35.4 Å². The molecule has 5 nitrogen and oxygen atoms in total. The summed E-state index contributed by atoms with van der Waals surface area (Å²) < 4.78 is 0. The van der Waals surface area contributed by atoms with Crippen LogP contribution in [0.3, 0.4) is 0 Å². The molecule has 0 aliphatic heterocycles. The summed E-state index contributed by atoms with van der Waals surface area (Å²) in [6.07, 6.45) is 12.1. The molecule has 5 fully saturated rings. The van der Waals surface area contributed by atoms with Crippen LogP contribution in [0, 0.1) is 62.6 Å². The highest BCUT2D eigenvalue weighted by Crippen LogP contribution is 2.78. The lowest BCUT2D eigenvalue weighted by atomic mass is 9.31. The van der Waals surface area contributed by atoms with Crippen molar-refractivity contribution in [2.24, 2.45) is 62.6 Å². The average Bonchev–Trinajstić information content (AvgIpc) is 3.38. The maximum Gasteiger partial charge on any atom is 0.335 e. The molecular formula is C41H64N2O3. The van der Waals surface area contributed by atoms with Gasteiger partial charge < -0.3 is 15.3 Å². The van der Waals surface area contributed by atoms with Crippen molar-refractivity contribution in [2.75, 3.05) is 27.2 Å². The maximum absolute atomic E-state index is 14.2. The second-order valence-electron chi connectivity index (χ2n) is 18.7. The van der Waals surface area contributed by atoms with Crippen molar-refractivity contribution in [2.45, 2.75) is 119 Å². The predicted octanol–water partition coefficient (Wildman–Crippen LogP) is 8.88. The van der Waals surface area contributed by atoms with Gasteiger partial charge >= 0.3 is 5.97 Å². The number of carbonyl (C=O) groups excluding carboxylic acids is 1. The third-order valence-electron chi connectivity index (χ3n) is 16.2. The van der Waals surface area contributed by atoms with Crippen LogP contribution in [0.15, 0.2) is 24.3 Å². The van der Waals surface area contributed by atoms with Crippen molar-refractivity contribution < 1.29 is 14.7 Å². The lowest BCUT2D eigenvalue weighted by Crippen LogP contribution is -2.67. The van der Waals surface area contributed by atoms with Gasteiger partial charge in [-0.1, -0.05) is 60.6 Å². The first kappa shape index (κ1) is 34.0. The van der Waals surface area contributed by atoms with Crippen LogP contribution < -0.4 is 5.32 Å². The van der Waals surface area contributed by atoms with Crippen LogP contribution in [0.5, 0.6) is 0 Å². The Morgan fingerprint density at radius 3 is 2.17 bits per heavy atom. The third-order valence-corrected chi connectivity index (χ3v) is 16.2. The van der Waals surface area contributed by atoms with Crippen molar-refractivity contribution in [3.8, 4) is 0 Å². The Morgan fingerprint density at radius 1 is 0.848 bits per heavy atom. The molecule has 0 radical (unpaired) electrons. The zero-order valence-corrected chi connectivity index (χ0v) is 30.5. The number of likely N-dealkylation sites (N-methyl/N-ethyl adjacent to an activating group) is 1. The Hall–Kier alpha value is -1.88. The minimum atomic E-state index is -0.847. The number of carbonyl (C=O) groups is 2. The molecule has 46 heavy (non-hydrogen) atoms. The molecule has 0 heterocycles. The predicted molar refractivity (Wildman–Crippen MR) is 187 cm³/mol. The van der Waals surface area contributed by atoms with E-state index in [1.165, 1.54) is 56.9 Å². The van der Waals surface area contributed by atoms with Gasteiger partial charge in [0.15, 0.2) is 0 Å². The minimum Gasteiger partial charge on any atom is -0.478 e. The van der Waals surface area contributed by atoms with E-state index in [0.29, 0.717) is 58.3 Å². The number of amides is 1. The van der Waals surface area contributed by atoms with Gasteiger partial charge in [0, 0.05) is 13.1 Å². The monoisotopic (exact) mass is 632 g/mol. The van der Waals surface area contributed by atoms with Gasteiger partial charge in [0.25, 0.3) is 0 Å². The molecule has 0 saturated heterocycles. The van der Waals surface area contributed by atoms with Crippen LogP contribution in [-0.2, 0) is 4.79 Å². The molecule has 0 aromatic heterocycles. The quantitative estimate of drug-likeness (QED) is 0.315. The Kier molecular flexibility index (Phi) is 8.59. The average molecular weight is 633 g/mol. The first-order valence-corrected chi connectivity index (χ1v) is 18.8. The number of rotatable bonds is 7. The molecule has 6 rings (SSSR count). The number of hydrogen-bond donors (Lipinski definition) is 2. The molecule has 5 aliphatic carbocycles. The van der Waals surface area contributed by atoms with Gasteiger partial charge in [-0.15, -0.1) is 0 Å². The molecule has 10 atom stereocenters. The standard InChI is InChI=1S/C41H64N2O3/c1-26(2)29-16-21-41(36(46)42-24-25-43(8)9)23-22-39(6)31(34(29)41)14-15-33-38(5)19-17-30(27-10-12-28(13-11-27)35(44)45)37(3,4)32(38)18-20-40(33,39)7/h10-13,26,29-34H,14-25H2,1-9H3,(H,42,46)(H,44,45)/t29-,30-,31+,32-,33+,34+,38-,39+,40+,41-/m0/s1. The molecule has 0 unspecified atom stereocenters. The van der Waals surface area contributed by atoms with Crippen LogP contribution in [0.25, 0.3) is 0 Å². The largest absolute Gasteiger partial charge is 0.478 e. The summed E-state index contributed by atoms with van der Waals surface area (Å²) in [5.41, 5.74) is 2.49. The van der Waals surface area contributed by atoms with Gasteiger partial charge in [0.1, 0.15) is 0 Å². The normalized spacial score (nSPS) is 42.9. The molecule has 0 spiro atoms. The highest BCUT2D eigenvalue weighted by molar-refractivity contribution is 5.87. The summed E-state index contributed by atoms with van der Waals surface area (Å²) in [4.78, 5) is 28.0. The van der Waals surface area contributed by atoms with Crippen LogP contribution >= 0.6 is 0 Å². The topological polar surface area (TPSA) is 69.6 Å². The lowest BCUT2D eigenvalue weighted by molar-refractivity contribution is -0.239. The number of aromatic carboxylic acids is 1. The smallest absolute Gasteiger partial charge is 0.335 e. The number of benzene rings is 1. The first-order chi connectivity index (χ1) is 21.5. The van der Waals surface area contributed by atoms with Crippen molar-refractivity contribution >= 4 is 11.9 Å². The maximum atomic E-state index is 14.2. The molecule has 1 aromatic carbocycles. The Bertz CT molecular complexity index is 1320. The highest BCUT2D eigenvalue weighted by Gasteiger charge is 2.72. The Morgan fingerprint density at radius 2 is 1.54 bits per heavy atom. The number of hydrogen-bond acceptors (Lipinski definition) is 3. The van der Waals surface area contributed by atoms with E-state index in [1.54, 1.807) is 12.1 Å². The van der Waals surface area contributed by atoms with Gasteiger partial charge in [-0.05, 0) is 159 Å². The van der Waals surface area contributed by atoms with Crippen LogP contribution in [0.4, 0.5) is 0 Å². The zero-order chi connectivity index (χ0) is 33.4. The van der Waals surface area contributed by atoms with E-state index in [-0.39, 0.29) is 21.7 Å². The van der Waals surface area contributed by atoms with Crippen molar-refractivity contribution in [1.82, 2.24) is 10.2 Å². The minimum absolute atomic E-state index is 0.150. The Balaban J connectivity index is 1.30. The zero-order valence-electron chi connectivity index (χ0n) is 30.5. The molecular weight excluding hydrogens is 568 g/mol. The van der Waals surface area contributed by atoms with E-state index in [9.17, 15) is 14.7 Å². The fraction of sp³-hybridized carbons (Fsp3) is 0.805. The second-order valence-corrected chi connectivity index (χ2v) is 18.7. The lowest BCUT2D eigenvalue weighted by Gasteiger charge is -2.73. The van der Waals surface area contributed by atoms with Crippen molar-refractivity contribution in [3.63, 3.8) is 0 Å².